The van der Waals surface area contributed by atoms with Gasteiger partial charge in [0.25, 0.3) is 0 Å². The van der Waals surface area contributed by atoms with Crippen LogP contribution in [0.5, 0.6) is 0 Å². The maximum absolute atomic E-state index is 15.7. The Morgan fingerprint density at radius 2 is 0.625 bits per heavy atom. The molecule has 0 N–H and O–H groups in total. The van der Waals surface area contributed by atoms with E-state index >= 15 is 4.21 Å². The van der Waals surface area contributed by atoms with Crippen molar-refractivity contribution < 1.29 is 4.21 Å². The van der Waals surface area contributed by atoms with Crippen LogP contribution in [0.25, 0.3) is 22.3 Å². The van der Waals surface area contributed by atoms with E-state index in [2.05, 4.69) is 76.2 Å². The first-order valence-electron chi connectivity index (χ1n) is 11.6. The molecule has 0 unspecified atom stereocenters. The molecule has 1 nitrogen and oxygen atoms in total. The first-order chi connectivity index (χ1) is 15.6. The Kier molecular flexibility index (Phi) is 5.92. The average Bonchev–Trinajstić information content (AvgIpc) is 3.22. The summed E-state index contributed by atoms with van der Waals surface area (Å²) in [6.45, 7) is 8.50. The summed E-state index contributed by atoms with van der Waals surface area (Å²) in [7, 11) is -3.58. The average molecular weight is 441 g/mol. The van der Waals surface area contributed by atoms with Gasteiger partial charge in [-0.25, -0.2) is 0 Å². The van der Waals surface area contributed by atoms with Crippen molar-refractivity contribution in [3.05, 3.63) is 97.1 Å². The summed E-state index contributed by atoms with van der Waals surface area (Å²) < 4.78 is 15.7. The van der Waals surface area contributed by atoms with E-state index in [9.17, 15) is 0 Å². The minimum Gasteiger partial charge on any atom is -0.264 e. The van der Waals surface area contributed by atoms with Gasteiger partial charge in [-0.15, -0.1) is 0 Å². The molecule has 6 rings (SSSR count). The summed E-state index contributed by atoms with van der Waals surface area (Å²) in [4.78, 5) is 3.79. The van der Waals surface area contributed by atoms with Gasteiger partial charge in [-0.3, -0.25) is 4.21 Å². The van der Waals surface area contributed by atoms with E-state index < -0.39 is 9.07 Å². The lowest BCUT2D eigenvalue weighted by Crippen LogP contribution is -2.29. The van der Waals surface area contributed by atoms with E-state index in [1.165, 1.54) is 12.8 Å². The van der Waals surface area contributed by atoms with Crippen LogP contribution >= 0.6 is 0 Å². The lowest BCUT2D eigenvalue weighted by atomic mass is 10.1. The summed E-state index contributed by atoms with van der Waals surface area (Å²) in [6, 6.07) is 32.8. The molecule has 0 radical (unpaired) electrons. The van der Waals surface area contributed by atoms with Crippen LogP contribution in [-0.2, 0) is 9.07 Å². The number of fused-ring (bicyclic) bond motifs is 10. The molecule has 0 bridgehead atoms. The van der Waals surface area contributed by atoms with Crippen LogP contribution in [0.3, 0.4) is 0 Å². The van der Waals surface area contributed by atoms with E-state index in [0.717, 1.165) is 41.8 Å². The molecule has 0 saturated carbocycles. The first kappa shape index (κ1) is 22.2. The molecule has 0 aromatic heterocycles. The maximum Gasteiger partial charge on any atom is 0.0376 e. The molecule has 0 fully saturated rings. The van der Waals surface area contributed by atoms with E-state index in [-0.39, 0.29) is 0 Å². The third kappa shape index (κ3) is 2.79. The normalized spacial score (nSPS) is 15.9. The van der Waals surface area contributed by atoms with Gasteiger partial charge in [0.1, 0.15) is 0 Å². The van der Waals surface area contributed by atoms with Gasteiger partial charge in [-0.1, -0.05) is 113 Å². The summed E-state index contributed by atoms with van der Waals surface area (Å²) in [5.41, 5.74) is 4.36. The smallest absolute Gasteiger partial charge is 0.0376 e. The molecular weight excluding hydrogens is 408 g/mol. The summed E-state index contributed by atoms with van der Waals surface area (Å²) in [5, 5.41) is 0. The van der Waals surface area contributed by atoms with Gasteiger partial charge in [0.2, 0.25) is 0 Å². The zero-order valence-electron chi connectivity index (χ0n) is 19.5. The Morgan fingerprint density at radius 1 is 0.438 bits per heavy atom. The lowest BCUT2D eigenvalue weighted by Gasteiger charge is -2.38. The third-order valence-electron chi connectivity index (χ3n) is 5.81. The van der Waals surface area contributed by atoms with Crippen LogP contribution in [0.4, 0.5) is 0 Å². The molecule has 164 valence electrons. The van der Waals surface area contributed by atoms with Gasteiger partial charge in [-0.05, 0) is 46.5 Å². The zero-order valence-corrected chi connectivity index (χ0v) is 20.3. The number of hydrogen-bond donors (Lipinski definition) is 0. The summed E-state index contributed by atoms with van der Waals surface area (Å²) in [5.74, 6) is 0. The number of rotatable bonds is 0. The van der Waals surface area contributed by atoms with Crippen molar-refractivity contribution in [2.75, 3.05) is 0 Å². The van der Waals surface area contributed by atoms with Crippen LogP contribution in [0.15, 0.2) is 117 Å². The molecular formula is C30H32OS. The fourth-order valence-electron chi connectivity index (χ4n) is 4.83. The highest BCUT2D eigenvalue weighted by atomic mass is 32.3. The van der Waals surface area contributed by atoms with E-state index in [1.54, 1.807) is 0 Å². The predicted octanol–water partition coefficient (Wildman–Crippen LogP) is 8.84. The zero-order chi connectivity index (χ0) is 22.8. The molecule has 1 spiro atoms. The third-order valence-corrected chi connectivity index (χ3v) is 10.6. The van der Waals surface area contributed by atoms with Crippen LogP contribution in [0.2, 0.25) is 0 Å². The Bertz CT molecular complexity index is 1130. The second-order valence-electron chi connectivity index (χ2n) is 8.34. The molecule has 4 aromatic carbocycles. The topological polar surface area (TPSA) is 17.1 Å². The molecule has 2 aliphatic rings. The van der Waals surface area contributed by atoms with Crippen molar-refractivity contribution >= 4 is 9.07 Å². The van der Waals surface area contributed by atoms with Crippen LogP contribution in [-0.4, -0.2) is 4.21 Å². The van der Waals surface area contributed by atoms with Crippen LogP contribution in [0.1, 0.15) is 40.5 Å². The monoisotopic (exact) mass is 440 g/mol. The van der Waals surface area contributed by atoms with Crippen LogP contribution in [0, 0.1) is 0 Å². The van der Waals surface area contributed by atoms with Gasteiger partial charge < -0.3 is 0 Å². The van der Waals surface area contributed by atoms with E-state index in [4.69, 9.17) is 0 Å². The second-order valence-corrected chi connectivity index (χ2v) is 12.0. The van der Waals surface area contributed by atoms with Gasteiger partial charge in [0.15, 0.2) is 0 Å². The Morgan fingerprint density at radius 3 is 0.844 bits per heavy atom. The van der Waals surface area contributed by atoms with Crippen molar-refractivity contribution in [1.29, 1.82) is 0 Å². The lowest BCUT2D eigenvalue weighted by molar-refractivity contribution is 0.658. The standard InChI is InChI=1S/C24H16OS.2C3H8/c25-26(21-13-5-1-9-17(21)18-10-2-6-14-22(18)26)23-15-7-3-11-19(23)20-12-4-8-16-24(20)26;2*1-3-2/h1-16H;2*3H2,1-2H3. The summed E-state index contributed by atoms with van der Waals surface area (Å²) in [6.07, 6.45) is 2.50. The van der Waals surface area contributed by atoms with Crippen molar-refractivity contribution in [3.63, 3.8) is 0 Å². The molecule has 4 aromatic rings. The maximum atomic E-state index is 15.7. The second kappa shape index (κ2) is 8.52. The number of benzene rings is 4. The highest BCUT2D eigenvalue weighted by molar-refractivity contribution is 8.21. The van der Waals surface area contributed by atoms with Crippen molar-refractivity contribution in [1.82, 2.24) is 0 Å². The van der Waals surface area contributed by atoms with E-state index in [0.29, 0.717) is 0 Å². The highest BCUT2D eigenvalue weighted by Gasteiger charge is 2.56. The SMILES string of the molecule is CCC.CCC.O=S12(c3ccccc3-c3ccccc31)c1ccccc1-c1ccccc12. The molecule has 32 heavy (non-hydrogen) atoms. The van der Waals surface area contributed by atoms with Gasteiger partial charge in [-0.2, -0.15) is 0 Å². The Balaban J connectivity index is 0.000000371. The summed E-state index contributed by atoms with van der Waals surface area (Å²) >= 11 is 0. The Hall–Kier alpha value is -2.97. The minimum absolute atomic E-state index is 0.947. The van der Waals surface area contributed by atoms with Gasteiger partial charge in [0.05, 0.1) is 0 Å². The van der Waals surface area contributed by atoms with Crippen molar-refractivity contribution in [2.45, 2.75) is 60.1 Å². The Labute approximate surface area is 192 Å². The van der Waals surface area contributed by atoms with Gasteiger partial charge >= 0.3 is 0 Å². The van der Waals surface area contributed by atoms with Crippen molar-refractivity contribution in [3.8, 4) is 22.3 Å². The molecule has 0 aliphatic carbocycles. The van der Waals surface area contributed by atoms with Crippen LogP contribution < -0.4 is 0 Å². The highest BCUT2D eigenvalue weighted by Crippen LogP contribution is 2.70. The molecule has 0 atom stereocenters. The largest absolute Gasteiger partial charge is 0.264 e. The minimum atomic E-state index is -3.58. The molecule has 2 heteroatoms. The fourth-order valence-corrected chi connectivity index (χ4v) is 9.99. The molecule has 2 heterocycles. The molecule has 2 aliphatic heterocycles. The quantitative estimate of drug-likeness (QED) is 0.230. The fraction of sp³-hybridized carbons (Fsp3) is 0.200. The first-order valence-corrected chi connectivity index (χ1v) is 13.6. The van der Waals surface area contributed by atoms with E-state index in [1.807, 2.05) is 48.5 Å². The van der Waals surface area contributed by atoms with Crippen molar-refractivity contribution in [2.24, 2.45) is 0 Å². The van der Waals surface area contributed by atoms with Gasteiger partial charge in [0, 0.05) is 28.6 Å². The predicted molar refractivity (Wildman–Crippen MR) is 137 cm³/mol. The molecule has 0 amide bonds. The molecule has 0 saturated heterocycles. The number of hydrogen-bond acceptors (Lipinski definition) is 1.